The number of hydrogen-bond donors (Lipinski definition) is 1. The Labute approximate surface area is 199 Å². The van der Waals surface area contributed by atoms with Gasteiger partial charge in [-0.1, -0.05) is 66.9 Å². The quantitative estimate of drug-likeness (QED) is 0.409. The molecular formula is C24H30Cl2N2O2S. The van der Waals surface area contributed by atoms with Crippen LogP contribution in [0.25, 0.3) is 0 Å². The summed E-state index contributed by atoms with van der Waals surface area (Å²) in [5.41, 5.74) is 3.25. The minimum absolute atomic E-state index is 0.0807. The van der Waals surface area contributed by atoms with E-state index in [0.717, 1.165) is 24.2 Å². The minimum atomic E-state index is -0.585. The average molecular weight is 481 g/mol. The van der Waals surface area contributed by atoms with Crippen molar-refractivity contribution in [3.63, 3.8) is 0 Å². The van der Waals surface area contributed by atoms with Crippen LogP contribution in [0.4, 0.5) is 0 Å². The summed E-state index contributed by atoms with van der Waals surface area (Å²) in [6.07, 6.45) is 1.90. The fraction of sp³-hybridized carbons (Fsp3) is 0.417. The van der Waals surface area contributed by atoms with E-state index in [2.05, 4.69) is 31.3 Å². The van der Waals surface area contributed by atoms with Gasteiger partial charge in [-0.3, -0.25) is 9.59 Å². The van der Waals surface area contributed by atoms with Crippen molar-refractivity contribution < 1.29 is 9.59 Å². The fourth-order valence-corrected chi connectivity index (χ4v) is 4.36. The van der Waals surface area contributed by atoms with Gasteiger partial charge in [0.25, 0.3) is 0 Å². The Kier molecular flexibility index (Phi) is 10.7. The van der Waals surface area contributed by atoms with Crippen molar-refractivity contribution in [3.8, 4) is 0 Å². The Bertz CT molecular complexity index is 892. The van der Waals surface area contributed by atoms with Crippen LogP contribution in [-0.4, -0.2) is 35.1 Å². The number of amides is 2. The summed E-state index contributed by atoms with van der Waals surface area (Å²) in [6, 6.07) is 12.8. The number of aryl methyl sites for hydroxylation is 1. The topological polar surface area (TPSA) is 49.4 Å². The molecular weight excluding hydrogens is 451 g/mol. The zero-order valence-corrected chi connectivity index (χ0v) is 20.6. The van der Waals surface area contributed by atoms with Crippen LogP contribution in [0.1, 0.15) is 43.4 Å². The second-order valence-electron chi connectivity index (χ2n) is 7.51. The van der Waals surface area contributed by atoms with E-state index >= 15 is 0 Å². The lowest BCUT2D eigenvalue weighted by Crippen LogP contribution is -2.48. The molecule has 0 aliphatic heterocycles. The summed E-state index contributed by atoms with van der Waals surface area (Å²) >= 11 is 13.7. The van der Waals surface area contributed by atoms with Gasteiger partial charge in [0.15, 0.2) is 0 Å². The van der Waals surface area contributed by atoms with E-state index in [-0.39, 0.29) is 11.8 Å². The van der Waals surface area contributed by atoms with Crippen molar-refractivity contribution in [1.29, 1.82) is 0 Å². The first-order chi connectivity index (χ1) is 14.8. The molecule has 31 heavy (non-hydrogen) atoms. The Morgan fingerprint density at radius 2 is 1.87 bits per heavy atom. The number of thioether (sulfide) groups is 1. The molecule has 0 heterocycles. The van der Waals surface area contributed by atoms with E-state index in [1.807, 2.05) is 18.2 Å². The Hall–Kier alpha value is -1.69. The summed E-state index contributed by atoms with van der Waals surface area (Å²) in [5, 5.41) is 3.82. The summed E-state index contributed by atoms with van der Waals surface area (Å²) in [5.74, 6) is 0.812. The van der Waals surface area contributed by atoms with Crippen LogP contribution >= 0.6 is 35.0 Å². The summed E-state index contributed by atoms with van der Waals surface area (Å²) in [4.78, 5) is 27.4. The molecule has 2 amide bonds. The zero-order chi connectivity index (χ0) is 22.8. The zero-order valence-electron chi connectivity index (χ0n) is 18.3. The Balaban J connectivity index is 2.09. The van der Waals surface area contributed by atoms with Crippen molar-refractivity contribution in [2.24, 2.45) is 0 Å². The van der Waals surface area contributed by atoms with E-state index in [4.69, 9.17) is 23.2 Å². The highest BCUT2D eigenvalue weighted by Gasteiger charge is 2.26. The number of nitrogens with zero attached hydrogens (tertiary/aromatic N) is 1. The molecule has 0 unspecified atom stereocenters. The molecule has 0 bridgehead atoms. The molecule has 1 N–H and O–H groups in total. The molecule has 0 aromatic heterocycles. The number of nitrogens with one attached hydrogen (secondary N) is 1. The summed E-state index contributed by atoms with van der Waals surface area (Å²) in [7, 11) is 0. The van der Waals surface area contributed by atoms with Gasteiger partial charge in [-0.15, -0.1) is 11.8 Å². The van der Waals surface area contributed by atoms with Crippen LogP contribution < -0.4 is 5.32 Å². The molecule has 0 fully saturated rings. The maximum Gasteiger partial charge on any atom is 0.242 e. The molecule has 0 saturated heterocycles. The molecule has 0 aliphatic carbocycles. The second kappa shape index (κ2) is 13.0. The first-order valence-electron chi connectivity index (χ1n) is 10.5. The lowest BCUT2D eigenvalue weighted by atomic mass is 10.1. The number of hydrogen-bond acceptors (Lipinski definition) is 3. The lowest BCUT2D eigenvalue weighted by molar-refractivity contribution is -0.138. The SMILES string of the molecule is CCCCNC(=O)[C@H](C)N(Cc1ccc(Cl)c(Cl)c1)C(=O)CSCc1ccccc1C. The van der Waals surface area contributed by atoms with Crippen molar-refractivity contribution in [2.75, 3.05) is 12.3 Å². The molecule has 0 spiro atoms. The van der Waals surface area contributed by atoms with E-state index in [1.54, 1.807) is 35.7 Å². The summed E-state index contributed by atoms with van der Waals surface area (Å²) < 4.78 is 0. The van der Waals surface area contributed by atoms with Crippen LogP contribution in [0.5, 0.6) is 0 Å². The second-order valence-corrected chi connectivity index (χ2v) is 9.31. The molecule has 1 atom stereocenters. The number of unbranched alkanes of at least 4 members (excludes halogenated alkanes) is 1. The molecule has 2 aromatic rings. The first-order valence-corrected chi connectivity index (χ1v) is 12.4. The maximum atomic E-state index is 13.1. The number of rotatable bonds is 11. The number of carbonyl (C=O) groups is 2. The molecule has 0 radical (unpaired) electrons. The van der Waals surface area contributed by atoms with Crippen molar-refractivity contribution >= 4 is 46.8 Å². The molecule has 4 nitrogen and oxygen atoms in total. The minimum Gasteiger partial charge on any atom is -0.354 e. The van der Waals surface area contributed by atoms with Crippen LogP contribution in [0, 0.1) is 6.92 Å². The van der Waals surface area contributed by atoms with Gasteiger partial charge in [0.05, 0.1) is 15.8 Å². The largest absolute Gasteiger partial charge is 0.354 e. The van der Waals surface area contributed by atoms with Crippen LogP contribution in [0.3, 0.4) is 0 Å². The number of halogens is 2. The standard InChI is InChI=1S/C24H30Cl2N2O2S/c1-4-5-12-27-24(30)18(3)28(14-19-10-11-21(25)22(26)13-19)23(29)16-31-15-20-9-7-6-8-17(20)2/h6-11,13,18H,4-5,12,14-16H2,1-3H3,(H,27,30)/t18-/m0/s1. The van der Waals surface area contributed by atoms with Crippen LogP contribution in [0.2, 0.25) is 10.0 Å². The Morgan fingerprint density at radius 3 is 2.55 bits per heavy atom. The average Bonchev–Trinajstić information content (AvgIpc) is 2.75. The molecule has 2 aromatic carbocycles. The smallest absolute Gasteiger partial charge is 0.242 e. The van der Waals surface area contributed by atoms with Gasteiger partial charge in [0.1, 0.15) is 6.04 Å². The third-order valence-electron chi connectivity index (χ3n) is 5.08. The van der Waals surface area contributed by atoms with Gasteiger partial charge in [-0.2, -0.15) is 0 Å². The van der Waals surface area contributed by atoms with Crippen LogP contribution in [0.15, 0.2) is 42.5 Å². The van der Waals surface area contributed by atoms with Crippen LogP contribution in [-0.2, 0) is 21.9 Å². The highest BCUT2D eigenvalue weighted by molar-refractivity contribution is 7.99. The summed E-state index contributed by atoms with van der Waals surface area (Å²) in [6.45, 7) is 6.81. The van der Waals surface area contributed by atoms with E-state index in [0.29, 0.717) is 28.9 Å². The van der Waals surface area contributed by atoms with E-state index < -0.39 is 6.04 Å². The molecule has 168 valence electrons. The van der Waals surface area contributed by atoms with Gasteiger partial charge >= 0.3 is 0 Å². The number of carbonyl (C=O) groups excluding carboxylic acids is 2. The normalized spacial score (nSPS) is 11.8. The third kappa shape index (κ3) is 8.06. The molecule has 7 heteroatoms. The highest BCUT2D eigenvalue weighted by atomic mass is 35.5. The van der Waals surface area contributed by atoms with Crippen molar-refractivity contribution in [1.82, 2.24) is 10.2 Å². The molecule has 2 rings (SSSR count). The lowest BCUT2D eigenvalue weighted by Gasteiger charge is -2.29. The Morgan fingerprint density at radius 1 is 1.13 bits per heavy atom. The predicted octanol–water partition coefficient (Wildman–Crippen LogP) is 5.87. The van der Waals surface area contributed by atoms with Gasteiger partial charge in [0, 0.05) is 18.8 Å². The highest BCUT2D eigenvalue weighted by Crippen LogP contribution is 2.24. The third-order valence-corrected chi connectivity index (χ3v) is 6.78. The predicted molar refractivity (Wildman–Crippen MR) is 132 cm³/mol. The maximum absolute atomic E-state index is 13.1. The fourth-order valence-electron chi connectivity index (χ4n) is 3.06. The first kappa shape index (κ1) is 25.6. The van der Waals surface area contributed by atoms with Gasteiger partial charge < -0.3 is 10.2 Å². The van der Waals surface area contributed by atoms with Crippen molar-refractivity contribution in [2.45, 2.75) is 52.0 Å². The monoisotopic (exact) mass is 480 g/mol. The van der Waals surface area contributed by atoms with Gasteiger partial charge in [-0.05, 0) is 49.1 Å². The number of benzene rings is 2. The van der Waals surface area contributed by atoms with Crippen molar-refractivity contribution in [3.05, 3.63) is 69.2 Å². The van der Waals surface area contributed by atoms with Gasteiger partial charge in [-0.25, -0.2) is 0 Å². The molecule has 0 saturated carbocycles. The van der Waals surface area contributed by atoms with Gasteiger partial charge in [0.2, 0.25) is 11.8 Å². The van der Waals surface area contributed by atoms with E-state index in [1.165, 1.54) is 11.1 Å². The van der Waals surface area contributed by atoms with E-state index in [9.17, 15) is 9.59 Å². The molecule has 0 aliphatic rings.